The van der Waals surface area contributed by atoms with Crippen LogP contribution in [0.4, 0.5) is 0 Å². The molecule has 1 saturated heterocycles. The first-order valence-electron chi connectivity index (χ1n) is 4.58. The van der Waals surface area contributed by atoms with Gasteiger partial charge in [0.1, 0.15) is 0 Å². The van der Waals surface area contributed by atoms with Crippen LogP contribution in [-0.4, -0.2) is 56.8 Å². The van der Waals surface area contributed by atoms with E-state index in [1.165, 1.54) is 6.32 Å². The van der Waals surface area contributed by atoms with E-state index in [1.54, 1.807) is 0 Å². The Bertz CT molecular complexity index is 157. The van der Waals surface area contributed by atoms with Crippen LogP contribution in [0.15, 0.2) is 0 Å². The van der Waals surface area contributed by atoms with Gasteiger partial charge in [-0.15, -0.1) is 0 Å². The number of nitrogens with zero attached hydrogens (tertiary/aromatic N) is 3. The lowest BCUT2D eigenvalue weighted by Crippen LogP contribution is -2.68. The fourth-order valence-electron chi connectivity index (χ4n) is 1.86. The summed E-state index contributed by atoms with van der Waals surface area (Å²) >= 11 is 0. The van der Waals surface area contributed by atoms with Crippen molar-refractivity contribution in [2.45, 2.75) is 20.1 Å². The maximum absolute atomic E-state index is 2.39. The van der Waals surface area contributed by atoms with Gasteiger partial charge in [0.05, 0.1) is 0 Å². The highest BCUT2D eigenvalue weighted by atomic mass is 15.3. The first kappa shape index (κ1) is 10.2. The first-order valence-corrected chi connectivity index (χ1v) is 4.58. The zero-order valence-electron chi connectivity index (χ0n) is 8.78. The molecule has 0 aromatic rings. The molecule has 0 bridgehead atoms. The molecule has 12 heavy (non-hydrogen) atoms. The lowest BCUT2D eigenvalue weighted by Gasteiger charge is -2.44. The molecule has 0 aliphatic carbocycles. The highest BCUT2D eigenvalue weighted by molar-refractivity contribution is 6.80. The summed E-state index contributed by atoms with van der Waals surface area (Å²) in [5, 5.41) is 0. The molecule has 1 aliphatic heterocycles. The van der Waals surface area contributed by atoms with Gasteiger partial charge in [0.2, 0.25) is 0 Å². The van der Waals surface area contributed by atoms with Gasteiger partial charge in [-0.2, -0.15) is 0 Å². The van der Waals surface area contributed by atoms with E-state index in [0.717, 1.165) is 0 Å². The van der Waals surface area contributed by atoms with Gasteiger partial charge in [0, 0.05) is 0 Å². The van der Waals surface area contributed by atoms with E-state index < -0.39 is 0 Å². The molecule has 0 unspecified atom stereocenters. The minimum absolute atomic E-state index is 0.506. The lowest BCUT2D eigenvalue weighted by molar-refractivity contribution is 0.555. The topological polar surface area (TPSA) is 9.72 Å². The van der Waals surface area contributed by atoms with Gasteiger partial charge in [-0.3, -0.25) is 0 Å². The van der Waals surface area contributed by atoms with Crippen LogP contribution in [0.5, 0.6) is 0 Å². The molecule has 0 saturated carbocycles. The Morgan fingerprint density at radius 2 is 1.75 bits per heavy atom. The second kappa shape index (κ2) is 3.86. The van der Waals surface area contributed by atoms with Crippen molar-refractivity contribution in [3.05, 3.63) is 0 Å². The number of hydrogen-bond acceptors (Lipinski definition) is 3. The maximum Gasteiger partial charge on any atom is 0.290 e. The highest BCUT2D eigenvalue weighted by Crippen LogP contribution is 2.11. The molecule has 1 fully saturated rings. The van der Waals surface area contributed by atoms with Gasteiger partial charge >= 0.3 is 0 Å². The van der Waals surface area contributed by atoms with Crippen molar-refractivity contribution in [2.75, 3.05) is 21.1 Å². The highest BCUT2D eigenvalue weighted by Gasteiger charge is 2.37. The molecule has 1 aliphatic rings. The minimum Gasteiger partial charge on any atom is -0.364 e. The molecule has 3 nitrogen and oxygen atoms in total. The first-order chi connectivity index (χ1) is 5.57. The molecule has 65 valence electrons. The second-order valence-corrected chi connectivity index (χ2v) is 3.63. The maximum atomic E-state index is 2.39. The van der Waals surface area contributed by atoms with Gasteiger partial charge in [0.25, 0.3) is 21.5 Å². The Morgan fingerprint density at radius 1 is 1.17 bits per heavy atom. The van der Waals surface area contributed by atoms with Crippen molar-refractivity contribution in [2.24, 2.45) is 0 Å². The third-order valence-electron chi connectivity index (χ3n) is 2.85. The summed E-state index contributed by atoms with van der Waals surface area (Å²) in [6.45, 7) is 5.51. The molecule has 1 radical (unpaired) electrons. The van der Waals surface area contributed by atoms with E-state index in [2.05, 4.69) is 56.6 Å². The zero-order chi connectivity index (χ0) is 9.30. The van der Waals surface area contributed by atoms with Crippen molar-refractivity contribution < 1.29 is 0 Å². The van der Waals surface area contributed by atoms with Crippen LogP contribution >= 0.6 is 0 Å². The number of hydrogen-bond donors (Lipinski definition) is 0. The van der Waals surface area contributed by atoms with Crippen LogP contribution in [0.1, 0.15) is 6.92 Å². The molecular formula is C6H17B3N3. The Kier molecular flexibility index (Phi) is 3.26. The summed E-state index contributed by atoms with van der Waals surface area (Å²) in [6, 6.07) is 0. The van der Waals surface area contributed by atoms with Gasteiger partial charge < -0.3 is 14.2 Å². The SMILES string of the molecule is CCB1N(C)[B]N(C)B(C)N1C. The lowest BCUT2D eigenvalue weighted by atomic mass is 9.50. The molecule has 0 N–H and O–H groups in total. The predicted molar refractivity (Wildman–Crippen MR) is 56.9 cm³/mol. The predicted octanol–water partition coefficient (Wildman–Crippen LogP) is -0.0443. The Labute approximate surface area is 77.6 Å². The van der Waals surface area contributed by atoms with Gasteiger partial charge in [-0.1, -0.05) is 13.7 Å². The van der Waals surface area contributed by atoms with Crippen molar-refractivity contribution >= 4 is 21.5 Å². The van der Waals surface area contributed by atoms with Crippen molar-refractivity contribution in [1.29, 1.82) is 0 Å². The largest absolute Gasteiger partial charge is 0.364 e. The summed E-state index contributed by atoms with van der Waals surface area (Å²) in [7, 11) is 8.61. The standard InChI is InChI=1S/C6H17B3N3/c1-6-9-11(4)7-10(3)8(2)12(9)5/h6H2,1-5H3. The minimum atomic E-state index is 0.506. The Balaban J connectivity index is 2.65. The molecule has 6 heteroatoms. The van der Waals surface area contributed by atoms with Crippen LogP contribution in [0.25, 0.3) is 0 Å². The average Bonchev–Trinajstić information content (AvgIpc) is 2.01. The molecule has 0 aromatic heterocycles. The van der Waals surface area contributed by atoms with Crippen LogP contribution in [0.3, 0.4) is 0 Å². The van der Waals surface area contributed by atoms with Crippen LogP contribution in [-0.2, 0) is 0 Å². The van der Waals surface area contributed by atoms with Crippen LogP contribution in [0, 0.1) is 0 Å². The van der Waals surface area contributed by atoms with E-state index in [-0.39, 0.29) is 0 Å². The number of rotatable bonds is 1. The Morgan fingerprint density at radius 3 is 2.25 bits per heavy atom. The average molecular weight is 164 g/mol. The third kappa shape index (κ3) is 1.70. The van der Waals surface area contributed by atoms with Gasteiger partial charge in [-0.05, 0) is 27.5 Å². The van der Waals surface area contributed by atoms with Crippen LogP contribution in [0.2, 0.25) is 13.1 Å². The molecular weight excluding hydrogens is 147 g/mol. The smallest absolute Gasteiger partial charge is 0.290 e. The summed E-state index contributed by atoms with van der Waals surface area (Å²) in [5.74, 6) is 0. The van der Waals surface area contributed by atoms with E-state index in [4.69, 9.17) is 0 Å². The quantitative estimate of drug-likeness (QED) is 0.503. The van der Waals surface area contributed by atoms with E-state index in [9.17, 15) is 0 Å². The van der Waals surface area contributed by atoms with Gasteiger partial charge in [0.15, 0.2) is 0 Å². The summed E-state index contributed by atoms with van der Waals surface area (Å²) < 4.78 is 6.88. The third-order valence-corrected chi connectivity index (χ3v) is 2.85. The van der Waals surface area contributed by atoms with Gasteiger partial charge in [-0.25, -0.2) is 0 Å². The van der Waals surface area contributed by atoms with Crippen molar-refractivity contribution in [3.63, 3.8) is 0 Å². The fourth-order valence-corrected chi connectivity index (χ4v) is 1.86. The summed E-state index contributed by atoms with van der Waals surface area (Å²) in [6.07, 6.45) is 1.17. The van der Waals surface area contributed by atoms with E-state index in [1.807, 2.05) is 0 Å². The Hall–Kier alpha value is 0.0748. The van der Waals surface area contributed by atoms with Crippen molar-refractivity contribution in [3.8, 4) is 0 Å². The molecule has 1 rings (SSSR count). The molecule has 1 heterocycles. The van der Waals surface area contributed by atoms with E-state index in [0.29, 0.717) is 14.0 Å². The van der Waals surface area contributed by atoms with E-state index >= 15 is 0 Å². The second-order valence-electron chi connectivity index (χ2n) is 3.63. The fraction of sp³-hybridized carbons (Fsp3) is 1.00. The molecule has 0 atom stereocenters. The molecule has 0 aromatic carbocycles. The summed E-state index contributed by atoms with van der Waals surface area (Å²) in [4.78, 5) is 0. The normalized spacial score (nSPS) is 23.1. The summed E-state index contributed by atoms with van der Waals surface area (Å²) in [5.41, 5.74) is 0. The van der Waals surface area contributed by atoms with Crippen LogP contribution < -0.4 is 0 Å². The zero-order valence-corrected chi connectivity index (χ0v) is 8.78. The molecule has 0 amide bonds. The van der Waals surface area contributed by atoms with Crippen molar-refractivity contribution in [1.82, 2.24) is 14.2 Å². The monoisotopic (exact) mass is 164 g/mol. The molecule has 0 spiro atoms.